The third kappa shape index (κ3) is 6.23. The quantitative estimate of drug-likeness (QED) is 0.501. The third-order valence-electron chi connectivity index (χ3n) is 4.94. The Balaban J connectivity index is 1.53. The van der Waals surface area contributed by atoms with Crippen molar-refractivity contribution < 1.29 is 14.3 Å². The molecule has 1 aromatic heterocycles. The number of anilines is 1. The number of aryl methyl sites for hydroxylation is 1. The lowest BCUT2D eigenvalue weighted by molar-refractivity contribution is 0.0635. The first-order chi connectivity index (χ1) is 15.1. The predicted molar refractivity (Wildman–Crippen MR) is 121 cm³/mol. The van der Waals surface area contributed by atoms with Crippen molar-refractivity contribution in [3.05, 3.63) is 95.3 Å². The molecule has 0 radical (unpaired) electrons. The van der Waals surface area contributed by atoms with Crippen LogP contribution in [-0.4, -0.2) is 29.9 Å². The lowest BCUT2D eigenvalue weighted by Crippen LogP contribution is -2.27. The van der Waals surface area contributed by atoms with Crippen LogP contribution >= 0.6 is 0 Å². The average Bonchev–Trinajstić information content (AvgIpc) is 2.81. The minimum atomic E-state index is -0.283. The molecule has 0 saturated heterocycles. The molecule has 0 aliphatic heterocycles. The highest BCUT2D eigenvalue weighted by molar-refractivity contribution is 6.09. The molecule has 0 aliphatic rings. The molecule has 1 heterocycles. The smallest absolute Gasteiger partial charge is 0.255 e. The maximum Gasteiger partial charge on any atom is 0.255 e. The van der Waals surface area contributed by atoms with Crippen molar-refractivity contribution in [3.8, 4) is 0 Å². The van der Waals surface area contributed by atoms with Gasteiger partial charge in [-0.05, 0) is 49.6 Å². The molecular formula is C25H27N3O3. The second kappa shape index (κ2) is 11.0. The summed E-state index contributed by atoms with van der Waals surface area (Å²) in [6.45, 7) is 4.89. The number of hydrogen-bond acceptors (Lipinski definition) is 4. The molecule has 0 spiro atoms. The van der Waals surface area contributed by atoms with Gasteiger partial charge in [-0.3, -0.25) is 14.6 Å². The molecule has 3 aromatic rings. The summed E-state index contributed by atoms with van der Waals surface area (Å²) >= 11 is 0. The number of nitrogens with one attached hydrogen (secondary N) is 2. The van der Waals surface area contributed by atoms with Crippen molar-refractivity contribution in [2.75, 3.05) is 18.5 Å². The summed E-state index contributed by atoms with van der Waals surface area (Å²) < 4.78 is 5.85. The molecule has 0 saturated carbocycles. The molecule has 0 aliphatic carbocycles. The summed E-state index contributed by atoms with van der Waals surface area (Å²) in [4.78, 5) is 29.2. The van der Waals surface area contributed by atoms with E-state index in [9.17, 15) is 9.59 Å². The van der Waals surface area contributed by atoms with Crippen LogP contribution in [0.2, 0.25) is 0 Å². The molecule has 2 amide bonds. The molecule has 160 valence electrons. The number of amides is 2. The highest BCUT2D eigenvalue weighted by Gasteiger charge is 2.16. The Morgan fingerprint density at radius 3 is 2.45 bits per heavy atom. The summed E-state index contributed by atoms with van der Waals surface area (Å²) in [5.74, 6) is -0.515. The zero-order valence-corrected chi connectivity index (χ0v) is 17.8. The van der Waals surface area contributed by atoms with Gasteiger partial charge in [0.15, 0.2) is 0 Å². The van der Waals surface area contributed by atoms with Gasteiger partial charge in [0.25, 0.3) is 11.8 Å². The summed E-state index contributed by atoms with van der Waals surface area (Å²) in [5, 5.41) is 5.77. The molecule has 2 aromatic carbocycles. The van der Waals surface area contributed by atoms with Crippen LogP contribution in [0.4, 0.5) is 5.69 Å². The first-order valence-corrected chi connectivity index (χ1v) is 10.3. The van der Waals surface area contributed by atoms with E-state index in [2.05, 4.69) is 15.6 Å². The molecule has 0 bridgehead atoms. The fourth-order valence-corrected chi connectivity index (χ4v) is 3.16. The largest absolute Gasteiger partial charge is 0.374 e. The van der Waals surface area contributed by atoms with Crippen LogP contribution in [0.25, 0.3) is 0 Å². The van der Waals surface area contributed by atoms with Gasteiger partial charge in [-0.25, -0.2) is 0 Å². The predicted octanol–water partition coefficient (Wildman–Crippen LogP) is 4.54. The van der Waals surface area contributed by atoms with Crippen LogP contribution in [0.3, 0.4) is 0 Å². The van der Waals surface area contributed by atoms with E-state index in [-0.39, 0.29) is 17.9 Å². The van der Waals surface area contributed by atoms with Gasteiger partial charge in [0.05, 0.1) is 17.4 Å². The van der Waals surface area contributed by atoms with E-state index >= 15 is 0 Å². The summed E-state index contributed by atoms with van der Waals surface area (Å²) in [5.41, 5.74) is 3.36. The fraction of sp³-hybridized carbons (Fsp3) is 0.240. The molecule has 1 atom stereocenters. The highest BCUT2D eigenvalue weighted by atomic mass is 16.5. The molecule has 1 unspecified atom stereocenters. The highest BCUT2D eigenvalue weighted by Crippen LogP contribution is 2.21. The number of aromatic nitrogens is 1. The monoisotopic (exact) mass is 417 g/mol. The maximum absolute atomic E-state index is 12.7. The number of benzene rings is 2. The zero-order valence-electron chi connectivity index (χ0n) is 17.8. The molecule has 31 heavy (non-hydrogen) atoms. The summed E-state index contributed by atoms with van der Waals surface area (Å²) in [6, 6.07) is 18.6. The fourth-order valence-electron chi connectivity index (χ4n) is 3.16. The van der Waals surface area contributed by atoms with E-state index in [1.54, 1.807) is 36.7 Å². The first kappa shape index (κ1) is 22.2. The van der Waals surface area contributed by atoms with Crippen LogP contribution < -0.4 is 10.6 Å². The van der Waals surface area contributed by atoms with Gasteiger partial charge < -0.3 is 15.4 Å². The van der Waals surface area contributed by atoms with Gasteiger partial charge in [0.1, 0.15) is 0 Å². The number of nitrogens with zero attached hydrogens (tertiary/aromatic N) is 1. The first-order valence-electron chi connectivity index (χ1n) is 10.3. The van der Waals surface area contributed by atoms with Crippen molar-refractivity contribution in [1.29, 1.82) is 0 Å². The molecule has 2 N–H and O–H groups in total. The second-order valence-corrected chi connectivity index (χ2v) is 7.22. The SMILES string of the molecule is Cc1cccc(C(=O)NCCCOC(C)c2ccccc2)c1NC(=O)c1ccncc1. The van der Waals surface area contributed by atoms with E-state index in [1.807, 2.05) is 50.2 Å². The Hall–Kier alpha value is -3.51. The number of rotatable bonds is 9. The van der Waals surface area contributed by atoms with Crippen molar-refractivity contribution in [2.45, 2.75) is 26.4 Å². The minimum absolute atomic E-state index is 0.00340. The minimum Gasteiger partial charge on any atom is -0.374 e. The number of para-hydroxylation sites is 1. The number of ether oxygens (including phenoxy) is 1. The van der Waals surface area contributed by atoms with Gasteiger partial charge in [-0.15, -0.1) is 0 Å². The van der Waals surface area contributed by atoms with Gasteiger partial charge in [0.2, 0.25) is 0 Å². The molecular weight excluding hydrogens is 390 g/mol. The van der Waals surface area contributed by atoms with Crippen LogP contribution in [-0.2, 0) is 4.74 Å². The van der Waals surface area contributed by atoms with E-state index in [1.165, 1.54) is 0 Å². The molecule has 6 nitrogen and oxygen atoms in total. The maximum atomic E-state index is 12.7. The number of hydrogen-bond donors (Lipinski definition) is 2. The standard InChI is InChI=1S/C25H27N3O3/c1-18-8-6-11-22(23(18)28-24(29)21-12-15-26-16-13-21)25(30)27-14-7-17-31-19(2)20-9-4-3-5-10-20/h3-6,8-13,15-16,19H,7,14,17H2,1-2H3,(H,27,30)(H,28,29). The number of carbonyl (C=O) groups is 2. The van der Waals surface area contributed by atoms with Gasteiger partial charge in [0, 0.05) is 31.1 Å². The van der Waals surface area contributed by atoms with Crippen molar-refractivity contribution >= 4 is 17.5 Å². The lowest BCUT2D eigenvalue weighted by Gasteiger charge is -2.15. The van der Waals surface area contributed by atoms with Gasteiger partial charge >= 0.3 is 0 Å². The van der Waals surface area contributed by atoms with Crippen LogP contribution in [0.15, 0.2) is 73.1 Å². The number of pyridine rings is 1. The van der Waals surface area contributed by atoms with E-state index < -0.39 is 0 Å². The Morgan fingerprint density at radius 1 is 0.968 bits per heavy atom. The Kier molecular flexibility index (Phi) is 7.90. The third-order valence-corrected chi connectivity index (χ3v) is 4.94. The van der Waals surface area contributed by atoms with E-state index in [0.717, 1.165) is 11.1 Å². The molecule has 3 rings (SSSR count). The normalized spacial score (nSPS) is 11.5. The van der Waals surface area contributed by atoms with Crippen molar-refractivity contribution in [1.82, 2.24) is 10.3 Å². The van der Waals surface area contributed by atoms with Gasteiger partial charge in [-0.1, -0.05) is 42.5 Å². The molecule has 0 fully saturated rings. The summed E-state index contributed by atoms with van der Waals surface area (Å²) in [7, 11) is 0. The van der Waals surface area contributed by atoms with E-state index in [0.29, 0.717) is 36.4 Å². The Labute approximate surface area is 182 Å². The Morgan fingerprint density at radius 2 is 1.71 bits per heavy atom. The zero-order chi connectivity index (χ0) is 22.1. The van der Waals surface area contributed by atoms with Gasteiger partial charge in [-0.2, -0.15) is 0 Å². The van der Waals surface area contributed by atoms with Crippen LogP contribution in [0.1, 0.15) is 51.3 Å². The van der Waals surface area contributed by atoms with Crippen molar-refractivity contribution in [2.24, 2.45) is 0 Å². The van der Waals surface area contributed by atoms with Crippen molar-refractivity contribution in [3.63, 3.8) is 0 Å². The van der Waals surface area contributed by atoms with Crippen LogP contribution in [0.5, 0.6) is 0 Å². The lowest BCUT2D eigenvalue weighted by atomic mass is 10.1. The van der Waals surface area contributed by atoms with E-state index in [4.69, 9.17) is 4.74 Å². The topological polar surface area (TPSA) is 80.3 Å². The second-order valence-electron chi connectivity index (χ2n) is 7.22. The summed E-state index contributed by atoms with van der Waals surface area (Å²) in [6.07, 6.45) is 3.80. The van der Waals surface area contributed by atoms with Crippen LogP contribution in [0, 0.1) is 6.92 Å². The Bertz CT molecular complexity index is 1010. The molecule has 6 heteroatoms. The number of carbonyl (C=O) groups excluding carboxylic acids is 2. The average molecular weight is 418 g/mol.